The molecule has 0 aromatic heterocycles. The fourth-order valence-corrected chi connectivity index (χ4v) is 5.98. The van der Waals surface area contributed by atoms with Crippen molar-refractivity contribution < 1.29 is 14.4 Å². The van der Waals surface area contributed by atoms with Gasteiger partial charge in [-0.05, 0) is 54.9 Å². The van der Waals surface area contributed by atoms with Crippen molar-refractivity contribution in [2.45, 2.75) is 31.7 Å². The molecule has 5 atom stereocenters. The quantitative estimate of drug-likeness (QED) is 0.669. The Morgan fingerprint density at radius 1 is 0.968 bits per heavy atom. The molecule has 2 bridgehead atoms. The summed E-state index contributed by atoms with van der Waals surface area (Å²) >= 11 is 12.1. The SMILES string of the molecule is O=C(Nc1ccc(Cl)c(Cl)c1)C(Cc1ccccc1)N1C(=O)C2C3CCC(C3)C2C1=O. The van der Waals surface area contributed by atoms with Gasteiger partial charge in [0.05, 0.1) is 21.9 Å². The highest BCUT2D eigenvalue weighted by atomic mass is 35.5. The minimum absolute atomic E-state index is 0.188. The van der Waals surface area contributed by atoms with Crippen LogP contribution in [0.25, 0.3) is 0 Å². The van der Waals surface area contributed by atoms with E-state index in [1.54, 1.807) is 18.2 Å². The molecule has 2 aliphatic carbocycles. The maximum Gasteiger partial charge on any atom is 0.248 e. The lowest BCUT2D eigenvalue weighted by atomic mass is 9.81. The number of hydrogen-bond donors (Lipinski definition) is 1. The molecule has 0 spiro atoms. The van der Waals surface area contributed by atoms with Crippen molar-refractivity contribution >= 4 is 46.6 Å². The Kier molecular flexibility index (Phi) is 5.27. The molecule has 2 saturated carbocycles. The maximum atomic E-state index is 13.4. The van der Waals surface area contributed by atoms with Crippen molar-refractivity contribution in [1.29, 1.82) is 0 Å². The Bertz CT molecular complexity index is 1030. The van der Waals surface area contributed by atoms with Crippen molar-refractivity contribution in [2.75, 3.05) is 5.32 Å². The van der Waals surface area contributed by atoms with Gasteiger partial charge in [0.2, 0.25) is 17.7 Å². The molecule has 5 rings (SSSR count). The van der Waals surface area contributed by atoms with E-state index in [0.717, 1.165) is 24.8 Å². The monoisotopic (exact) mass is 456 g/mol. The molecule has 2 aromatic rings. The summed E-state index contributed by atoms with van der Waals surface area (Å²) in [7, 11) is 0. The molecule has 160 valence electrons. The third-order valence-electron chi connectivity index (χ3n) is 7.03. The highest BCUT2D eigenvalue weighted by Gasteiger charge is 2.62. The van der Waals surface area contributed by atoms with Crippen LogP contribution in [-0.2, 0) is 20.8 Å². The molecular weight excluding hydrogens is 435 g/mol. The van der Waals surface area contributed by atoms with Crippen molar-refractivity contribution in [3.8, 4) is 0 Å². The number of hydrogen-bond acceptors (Lipinski definition) is 3. The molecule has 1 aliphatic heterocycles. The highest BCUT2D eigenvalue weighted by Crippen LogP contribution is 2.56. The van der Waals surface area contributed by atoms with Crippen LogP contribution < -0.4 is 5.32 Å². The van der Waals surface area contributed by atoms with Gasteiger partial charge in [0, 0.05) is 12.1 Å². The van der Waals surface area contributed by atoms with Crippen LogP contribution in [0.2, 0.25) is 10.0 Å². The normalized spacial score (nSPS) is 27.5. The first kappa shape index (κ1) is 20.5. The molecule has 5 unspecified atom stereocenters. The van der Waals surface area contributed by atoms with Crippen LogP contribution >= 0.6 is 23.2 Å². The summed E-state index contributed by atoms with van der Waals surface area (Å²) in [6.45, 7) is 0. The standard InChI is InChI=1S/C24H22Cl2N2O3/c25-17-9-8-16(12-18(17)26)27-22(29)19(10-13-4-2-1-3-5-13)28-23(30)20-14-6-7-15(11-14)21(20)24(28)31/h1-5,8-9,12,14-15,19-21H,6-7,10-11H2,(H,27,29). The summed E-state index contributed by atoms with van der Waals surface area (Å²) < 4.78 is 0. The number of nitrogens with zero attached hydrogens (tertiary/aromatic N) is 1. The zero-order chi connectivity index (χ0) is 21.7. The van der Waals surface area contributed by atoms with Gasteiger partial charge in [-0.15, -0.1) is 0 Å². The number of carbonyl (C=O) groups excluding carboxylic acids is 3. The number of benzene rings is 2. The van der Waals surface area contributed by atoms with Crippen LogP contribution in [0.5, 0.6) is 0 Å². The highest BCUT2D eigenvalue weighted by molar-refractivity contribution is 6.42. The van der Waals surface area contributed by atoms with Gasteiger partial charge in [0.25, 0.3) is 0 Å². The molecule has 3 aliphatic rings. The largest absolute Gasteiger partial charge is 0.324 e. The first-order chi connectivity index (χ1) is 14.9. The Labute approximate surface area is 190 Å². The van der Waals surface area contributed by atoms with E-state index in [1.165, 1.54) is 4.90 Å². The Morgan fingerprint density at radius 3 is 2.23 bits per heavy atom. The van der Waals surface area contributed by atoms with Gasteiger partial charge >= 0.3 is 0 Å². The molecule has 0 radical (unpaired) electrons. The summed E-state index contributed by atoms with van der Waals surface area (Å²) in [5.41, 5.74) is 1.36. The van der Waals surface area contributed by atoms with Crippen LogP contribution in [0.3, 0.4) is 0 Å². The van der Waals surface area contributed by atoms with Gasteiger partial charge in [-0.3, -0.25) is 19.3 Å². The Morgan fingerprint density at radius 2 is 1.61 bits per heavy atom. The molecule has 5 nitrogen and oxygen atoms in total. The van der Waals surface area contributed by atoms with E-state index in [4.69, 9.17) is 23.2 Å². The van der Waals surface area contributed by atoms with Gasteiger partial charge in [0.1, 0.15) is 6.04 Å². The van der Waals surface area contributed by atoms with Crippen LogP contribution in [0.1, 0.15) is 24.8 Å². The summed E-state index contributed by atoms with van der Waals surface area (Å²) in [5.74, 6) is -0.764. The maximum absolute atomic E-state index is 13.4. The van der Waals surface area contributed by atoms with Crippen LogP contribution in [0.4, 0.5) is 5.69 Å². The van der Waals surface area contributed by atoms with Gasteiger partial charge in [-0.25, -0.2) is 0 Å². The van der Waals surface area contributed by atoms with E-state index in [0.29, 0.717) is 15.7 Å². The fraction of sp³-hybridized carbons (Fsp3) is 0.375. The molecule has 3 fully saturated rings. The third kappa shape index (κ3) is 3.54. The number of anilines is 1. The number of carbonyl (C=O) groups is 3. The number of nitrogens with one attached hydrogen (secondary N) is 1. The molecule has 1 saturated heterocycles. The summed E-state index contributed by atoms with van der Waals surface area (Å²) in [6, 6.07) is 13.3. The number of likely N-dealkylation sites (tertiary alicyclic amines) is 1. The molecule has 31 heavy (non-hydrogen) atoms. The molecular formula is C24H22Cl2N2O3. The van der Waals surface area contributed by atoms with Crippen LogP contribution in [0, 0.1) is 23.7 Å². The Hall–Kier alpha value is -2.37. The van der Waals surface area contributed by atoms with Gasteiger partial charge in [-0.1, -0.05) is 53.5 Å². The summed E-state index contributed by atoms with van der Waals surface area (Å²) in [4.78, 5) is 41.3. The number of fused-ring (bicyclic) bond motifs is 5. The first-order valence-electron chi connectivity index (χ1n) is 10.6. The van der Waals surface area contributed by atoms with Crippen molar-refractivity contribution in [2.24, 2.45) is 23.7 Å². The lowest BCUT2D eigenvalue weighted by molar-refractivity contribution is -0.147. The third-order valence-corrected chi connectivity index (χ3v) is 7.77. The van der Waals surface area contributed by atoms with Crippen LogP contribution in [-0.4, -0.2) is 28.7 Å². The van der Waals surface area contributed by atoms with E-state index >= 15 is 0 Å². The van der Waals surface area contributed by atoms with Gasteiger partial charge in [-0.2, -0.15) is 0 Å². The molecule has 2 aromatic carbocycles. The van der Waals surface area contributed by atoms with E-state index < -0.39 is 11.9 Å². The molecule has 7 heteroatoms. The summed E-state index contributed by atoms with van der Waals surface area (Å²) in [5, 5.41) is 3.53. The molecule has 1 heterocycles. The van der Waals surface area contributed by atoms with E-state index in [9.17, 15) is 14.4 Å². The minimum atomic E-state index is -0.915. The summed E-state index contributed by atoms with van der Waals surface area (Å²) in [6.07, 6.45) is 3.22. The number of halogens is 2. The second-order valence-corrected chi connectivity index (χ2v) is 9.57. The van der Waals surface area contributed by atoms with Gasteiger partial charge < -0.3 is 5.32 Å². The van der Waals surface area contributed by atoms with Crippen LogP contribution in [0.15, 0.2) is 48.5 Å². The zero-order valence-corrected chi connectivity index (χ0v) is 18.3. The number of imide groups is 1. The average Bonchev–Trinajstić information content (AvgIpc) is 3.44. The van der Waals surface area contributed by atoms with E-state index in [1.807, 2.05) is 30.3 Å². The van der Waals surface area contributed by atoms with E-state index in [2.05, 4.69) is 5.32 Å². The first-order valence-corrected chi connectivity index (χ1v) is 11.4. The zero-order valence-electron chi connectivity index (χ0n) is 16.8. The number of amides is 3. The van der Waals surface area contributed by atoms with Crippen molar-refractivity contribution in [3.05, 3.63) is 64.1 Å². The van der Waals surface area contributed by atoms with E-state index in [-0.39, 0.29) is 41.9 Å². The average molecular weight is 457 g/mol. The predicted molar refractivity (Wildman–Crippen MR) is 119 cm³/mol. The topological polar surface area (TPSA) is 66.5 Å². The lowest BCUT2D eigenvalue weighted by Gasteiger charge is -2.27. The van der Waals surface area contributed by atoms with Crippen molar-refractivity contribution in [1.82, 2.24) is 4.90 Å². The van der Waals surface area contributed by atoms with Gasteiger partial charge in [0.15, 0.2) is 0 Å². The smallest absolute Gasteiger partial charge is 0.248 e. The number of rotatable bonds is 5. The Balaban J connectivity index is 1.45. The molecule has 1 N–H and O–H groups in total. The fourth-order valence-electron chi connectivity index (χ4n) is 5.68. The predicted octanol–water partition coefficient (Wildman–Crippen LogP) is 4.57. The second-order valence-electron chi connectivity index (χ2n) is 8.75. The molecule has 3 amide bonds. The lowest BCUT2D eigenvalue weighted by Crippen LogP contribution is -2.49. The second kappa shape index (κ2) is 7.95. The minimum Gasteiger partial charge on any atom is -0.324 e. The van der Waals surface area contributed by atoms with Crippen molar-refractivity contribution in [3.63, 3.8) is 0 Å².